The number of rotatable bonds is 2. The molecular formula is C19H20O. The van der Waals surface area contributed by atoms with E-state index in [0.717, 1.165) is 29.5 Å². The maximum absolute atomic E-state index is 12.8. The molecule has 20 heavy (non-hydrogen) atoms. The Kier molecular flexibility index (Phi) is 3.43. The molecular weight excluding hydrogens is 244 g/mol. The molecule has 1 heteroatoms. The number of fused-ring (bicyclic) bond motifs is 1. The summed E-state index contributed by atoms with van der Waals surface area (Å²) in [7, 11) is 0. The first-order valence-electron chi connectivity index (χ1n) is 7.40. The number of carbonyl (C=O) groups excluding carboxylic acids is 1. The van der Waals surface area contributed by atoms with Crippen molar-refractivity contribution in [2.24, 2.45) is 0 Å². The van der Waals surface area contributed by atoms with Crippen molar-refractivity contribution in [3.8, 4) is 0 Å². The molecule has 0 spiro atoms. The van der Waals surface area contributed by atoms with Gasteiger partial charge in [0.2, 0.25) is 0 Å². The van der Waals surface area contributed by atoms with Crippen LogP contribution in [-0.4, -0.2) is 5.78 Å². The Morgan fingerprint density at radius 1 is 0.900 bits per heavy atom. The Labute approximate surface area is 120 Å². The topological polar surface area (TPSA) is 17.1 Å². The molecule has 0 atom stereocenters. The Hall–Kier alpha value is -1.89. The molecule has 0 N–H and O–H groups in total. The molecule has 0 bridgehead atoms. The van der Waals surface area contributed by atoms with E-state index in [1.165, 1.54) is 29.5 Å². The minimum absolute atomic E-state index is 0.161. The van der Waals surface area contributed by atoms with E-state index in [4.69, 9.17) is 0 Å². The van der Waals surface area contributed by atoms with Crippen molar-refractivity contribution in [2.45, 2.75) is 39.5 Å². The molecule has 0 radical (unpaired) electrons. The zero-order valence-corrected chi connectivity index (χ0v) is 12.2. The highest BCUT2D eigenvalue weighted by Gasteiger charge is 2.19. The summed E-state index contributed by atoms with van der Waals surface area (Å²) in [6.45, 7) is 4.11. The number of carbonyl (C=O) groups is 1. The molecule has 1 aliphatic rings. The third-order valence-electron chi connectivity index (χ3n) is 4.45. The van der Waals surface area contributed by atoms with E-state index >= 15 is 0 Å². The van der Waals surface area contributed by atoms with Crippen LogP contribution in [0.15, 0.2) is 36.4 Å². The van der Waals surface area contributed by atoms with Gasteiger partial charge in [-0.05, 0) is 61.8 Å². The van der Waals surface area contributed by atoms with Crippen LogP contribution in [0.3, 0.4) is 0 Å². The second kappa shape index (κ2) is 5.24. The molecule has 0 saturated heterocycles. The first-order valence-corrected chi connectivity index (χ1v) is 7.40. The van der Waals surface area contributed by atoms with Gasteiger partial charge >= 0.3 is 0 Å². The normalized spacial score (nSPS) is 13.9. The van der Waals surface area contributed by atoms with Gasteiger partial charge in [0.1, 0.15) is 0 Å². The molecule has 2 aromatic rings. The maximum Gasteiger partial charge on any atom is 0.193 e. The van der Waals surface area contributed by atoms with Crippen molar-refractivity contribution in [1.29, 1.82) is 0 Å². The lowest BCUT2D eigenvalue weighted by Gasteiger charge is -2.20. The first kappa shape index (κ1) is 13.1. The molecule has 3 rings (SSSR count). The van der Waals surface area contributed by atoms with Crippen LogP contribution in [0, 0.1) is 13.8 Å². The summed E-state index contributed by atoms with van der Waals surface area (Å²) < 4.78 is 0. The third kappa shape index (κ3) is 2.18. The molecule has 0 fully saturated rings. The molecule has 0 unspecified atom stereocenters. The molecule has 2 aromatic carbocycles. The first-order chi connectivity index (χ1) is 9.68. The summed E-state index contributed by atoms with van der Waals surface area (Å²) in [5, 5.41) is 0. The van der Waals surface area contributed by atoms with Gasteiger partial charge in [-0.3, -0.25) is 4.79 Å². The number of aryl methyl sites for hydroxylation is 2. The number of benzene rings is 2. The van der Waals surface area contributed by atoms with Gasteiger partial charge < -0.3 is 0 Å². The zero-order chi connectivity index (χ0) is 14.1. The molecule has 0 amide bonds. The number of hydrogen-bond acceptors (Lipinski definition) is 1. The van der Waals surface area contributed by atoms with Gasteiger partial charge in [-0.25, -0.2) is 0 Å². The monoisotopic (exact) mass is 264 g/mol. The zero-order valence-electron chi connectivity index (χ0n) is 12.2. The minimum Gasteiger partial charge on any atom is -0.289 e. The van der Waals surface area contributed by atoms with Crippen LogP contribution >= 0.6 is 0 Å². The predicted molar refractivity (Wildman–Crippen MR) is 82.4 cm³/mol. The Bertz CT molecular complexity index is 667. The highest BCUT2D eigenvalue weighted by atomic mass is 16.1. The maximum atomic E-state index is 12.8. The third-order valence-corrected chi connectivity index (χ3v) is 4.45. The summed E-state index contributed by atoms with van der Waals surface area (Å²) in [6, 6.07) is 12.0. The van der Waals surface area contributed by atoms with Gasteiger partial charge in [-0.2, -0.15) is 0 Å². The lowest BCUT2D eigenvalue weighted by molar-refractivity contribution is 0.103. The van der Waals surface area contributed by atoms with Gasteiger partial charge in [-0.1, -0.05) is 36.4 Å². The van der Waals surface area contributed by atoms with E-state index in [1.807, 2.05) is 37.3 Å². The van der Waals surface area contributed by atoms with Crippen molar-refractivity contribution in [2.75, 3.05) is 0 Å². The van der Waals surface area contributed by atoms with Gasteiger partial charge in [-0.15, -0.1) is 0 Å². The van der Waals surface area contributed by atoms with Crippen molar-refractivity contribution in [3.05, 3.63) is 69.8 Å². The van der Waals surface area contributed by atoms with Crippen molar-refractivity contribution in [3.63, 3.8) is 0 Å². The lowest BCUT2D eigenvalue weighted by atomic mass is 9.84. The summed E-state index contributed by atoms with van der Waals surface area (Å²) in [4.78, 5) is 12.8. The van der Waals surface area contributed by atoms with E-state index in [1.54, 1.807) is 0 Å². The largest absolute Gasteiger partial charge is 0.289 e. The van der Waals surface area contributed by atoms with Crippen LogP contribution in [0.4, 0.5) is 0 Å². The molecule has 1 aliphatic carbocycles. The van der Waals surface area contributed by atoms with Crippen molar-refractivity contribution in [1.82, 2.24) is 0 Å². The summed E-state index contributed by atoms with van der Waals surface area (Å²) in [5.74, 6) is 0.161. The van der Waals surface area contributed by atoms with Crippen LogP contribution in [0.2, 0.25) is 0 Å². The van der Waals surface area contributed by atoms with Crippen molar-refractivity contribution < 1.29 is 4.79 Å². The lowest BCUT2D eigenvalue weighted by Crippen LogP contribution is -2.11. The van der Waals surface area contributed by atoms with E-state index < -0.39 is 0 Å². The molecule has 0 aliphatic heterocycles. The van der Waals surface area contributed by atoms with Crippen LogP contribution in [0.1, 0.15) is 51.0 Å². The Morgan fingerprint density at radius 3 is 2.45 bits per heavy atom. The SMILES string of the molecule is Cc1ccccc1C(=O)c1ccc2c(c1C)CCCC2. The van der Waals surface area contributed by atoms with E-state index in [0.29, 0.717) is 0 Å². The molecule has 0 saturated carbocycles. The van der Waals surface area contributed by atoms with E-state index in [2.05, 4.69) is 13.0 Å². The predicted octanol–water partition coefficient (Wildman–Crippen LogP) is 4.41. The Morgan fingerprint density at radius 2 is 1.65 bits per heavy atom. The van der Waals surface area contributed by atoms with Crippen molar-refractivity contribution >= 4 is 5.78 Å². The highest BCUT2D eigenvalue weighted by molar-refractivity contribution is 6.11. The van der Waals surface area contributed by atoms with Crippen LogP contribution < -0.4 is 0 Å². The van der Waals surface area contributed by atoms with E-state index in [-0.39, 0.29) is 5.78 Å². The fraction of sp³-hybridized carbons (Fsp3) is 0.316. The molecule has 102 valence electrons. The standard InChI is InChI=1S/C19H20O/c1-13-7-3-5-9-16(13)19(20)18-12-11-15-8-4-6-10-17(15)14(18)2/h3,5,7,9,11-12H,4,6,8,10H2,1-2H3. The summed E-state index contributed by atoms with van der Waals surface area (Å²) >= 11 is 0. The summed E-state index contributed by atoms with van der Waals surface area (Å²) in [5.41, 5.74) is 6.79. The molecule has 1 nitrogen and oxygen atoms in total. The van der Waals surface area contributed by atoms with Gasteiger partial charge in [0.25, 0.3) is 0 Å². The minimum atomic E-state index is 0.161. The fourth-order valence-electron chi connectivity index (χ4n) is 3.23. The molecule has 0 aromatic heterocycles. The number of ketones is 1. The van der Waals surface area contributed by atoms with Gasteiger partial charge in [0, 0.05) is 11.1 Å². The molecule has 0 heterocycles. The fourth-order valence-corrected chi connectivity index (χ4v) is 3.23. The van der Waals surface area contributed by atoms with E-state index in [9.17, 15) is 4.79 Å². The van der Waals surface area contributed by atoms with Gasteiger partial charge in [0.05, 0.1) is 0 Å². The second-order valence-electron chi connectivity index (χ2n) is 5.73. The number of hydrogen-bond donors (Lipinski definition) is 0. The van der Waals surface area contributed by atoms with Crippen LogP contribution in [0.25, 0.3) is 0 Å². The van der Waals surface area contributed by atoms with Gasteiger partial charge in [0.15, 0.2) is 5.78 Å². The average molecular weight is 264 g/mol. The Balaban J connectivity index is 2.07. The van der Waals surface area contributed by atoms with Crippen LogP contribution in [-0.2, 0) is 12.8 Å². The average Bonchev–Trinajstić information content (AvgIpc) is 2.48. The van der Waals surface area contributed by atoms with Crippen LogP contribution in [0.5, 0.6) is 0 Å². The smallest absolute Gasteiger partial charge is 0.193 e. The highest BCUT2D eigenvalue weighted by Crippen LogP contribution is 2.28. The second-order valence-corrected chi connectivity index (χ2v) is 5.73. The quantitative estimate of drug-likeness (QED) is 0.734. The summed E-state index contributed by atoms with van der Waals surface area (Å²) in [6.07, 6.45) is 4.80.